The van der Waals surface area contributed by atoms with Gasteiger partial charge in [0.1, 0.15) is 5.75 Å². The van der Waals surface area contributed by atoms with Crippen LogP contribution in [0.4, 0.5) is 0 Å². The van der Waals surface area contributed by atoms with E-state index in [0.717, 1.165) is 42.7 Å². The van der Waals surface area contributed by atoms with Crippen LogP contribution in [0.2, 0.25) is 0 Å². The van der Waals surface area contributed by atoms with Gasteiger partial charge < -0.3 is 14.2 Å². The molecule has 2 saturated heterocycles. The number of hydrogen-bond acceptors (Lipinski definition) is 7. The Kier molecular flexibility index (Phi) is 5.25. The molecule has 1 spiro atoms. The molecule has 0 aliphatic carbocycles. The Balaban J connectivity index is 1.28. The van der Waals surface area contributed by atoms with Crippen LogP contribution in [0, 0.1) is 0 Å². The highest BCUT2D eigenvalue weighted by Gasteiger charge is 2.53. The van der Waals surface area contributed by atoms with E-state index in [9.17, 15) is 9.59 Å². The van der Waals surface area contributed by atoms with Crippen LogP contribution in [0.3, 0.4) is 0 Å². The number of likely N-dealkylation sites (tertiary alicyclic amines) is 1. The minimum atomic E-state index is -1.21. The summed E-state index contributed by atoms with van der Waals surface area (Å²) >= 11 is 0. The van der Waals surface area contributed by atoms with Crippen LogP contribution in [0.5, 0.6) is 5.75 Å². The first kappa shape index (κ1) is 18.4. The smallest absolute Gasteiger partial charge is 0.421 e. The lowest BCUT2D eigenvalue weighted by Crippen LogP contribution is -2.53. The standard InChI is InChI=1S/C21H22N2O5/c24-19-20(25)28-21(27-19)10-1-2-12-23(21)13-4-14-26-18-8-6-16(7-9-18)17-5-3-11-22-15-17/h3,5-9,11,15H,1-2,4,10,12-14H2. The summed E-state index contributed by atoms with van der Waals surface area (Å²) in [7, 11) is 0. The van der Waals surface area contributed by atoms with Crippen molar-refractivity contribution in [2.24, 2.45) is 0 Å². The summed E-state index contributed by atoms with van der Waals surface area (Å²) in [5, 5.41) is 0. The van der Waals surface area contributed by atoms with Gasteiger partial charge in [0.25, 0.3) is 0 Å². The number of rotatable bonds is 6. The third-order valence-corrected chi connectivity index (χ3v) is 5.01. The van der Waals surface area contributed by atoms with Gasteiger partial charge in [-0.3, -0.25) is 4.98 Å². The quantitative estimate of drug-likeness (QED) is 0.432. The summed E-state index contributed by atoms with van der Waals surface area (Å²) in [6.45, 7) is 1.86. The van der Waals surface area contributed by atoms with Crippen molar-refractivity contribution in [1.29, 1.82) is 0 Å². The summed E-state index contributed by atoms with van der Waals surface area (Å²) in [4.78, 5) is 29.0. The SMILES string of the molecule is O=C1OC2(CCCCN2CCCOc2ccc(-c3cccnc3)cc2)OC1=O. The van der Waals surface area contributed by atoms with Crippen molar-refractivity contribution in [2.45, 2.75) is 31.6 Å². The topological polar surface area (TPSA) is 78.0 Å². The molecule has 7 heteroatoms. The molecule has 0 amide bonds. The molecule has 0 saturated carbocycles. The third kappa shape index (κ3) is 3.84. The molecule has 7 nitrogen and oxygen atoms in total. The van der Waals surface area contributed by atoms with Crippen molar-refractivity contribution in [3.63, 3.8) is 0 Å². The first-order chi connectivity index (χ1) is 13.7. The zero-order valence-electron chi connectivity index (χ0n) is 15.5. The molecule has 0 bridgehead atoms. The molecule has 2 aliphatic heterocycles. The molecule has 0 unspecified atom stereocenters. The molecule has 28 heavy (non-hydrogen) atoms. The van der Waals surface area contributed by atoms with Gasteiger partial charge in [0.15, 0.2) is 0 Å². The molecule has 3 heterocycles. The van der Waals surface area contributed by atoms with Crippen molar-refractivity contribution in [1.82, 2.24) is 9.88 Å². The second-order valence-electron chi connectivity index (χ2n) is 6.90. The molecule has 0 atom stereocenters. The van der Waals surface area contributed by atoms with Crippen LogP contribution in [-0.2, 0) is 19.1 Å². The summed E-state index contributed by atoms with van der Waals surface area (Å²) in [5.74, 6) is -2.23. The number of ether oxygens (including phenoxy) is 3. The predicted molar refractivity (Wildman–Crippen MR) is 100 cm³/mol. The highest BCUT2D eigenvalue weighted by atomic mass is 16.8. The minimum Gasteiger partial charge on any atom is -0.494 e. The molecule has 1 aromatic heterocycles. The summed E-state index contributed by atoms with van der Waals surface area (Å²) in [6.07, 6.45) is 6.65. The van der Waals surface area contributed by atoms with E-state index in [1.165, 1.54) is 0 Å². The Morgan fingerprint density at radius 1 is 1.04 bits per heavy atom. The third-order valence-electron chi connectivity index (χ3n) is 5.01. The van der Waals surface area contributed by atoms with Crippen LogP contribution in [-0.4, -0.2) is 47.4 Å². The Hall–Kier alpha value is -2.93. The van der Waals surface area contributed by atoms with Gasteiger partial charge in [-0.25, -0.2) is 14.5 Å². The van der Waals surface area contributed by atoms with Crippen molar-refractivity contribution in [2.75, 3.05) is 19.7 Å². The highest BCUT2D eigenvalue weighted by Crippen LogP contribution is 2.35. The molecular formula is C21H22N2O5. The average Bonchev–Trinajstić information content (AvgIpc) is 3.01. The van der Waals surface area contributed by atoms with Gasteiger partial charge in [-0.1, -0.05) is 18.2 Å². The fourth-order valence-corrected chi connectivity index (χ4v) is 3.61. The Morgan fingerprint density at radius 3 is 2.54 bits per heavy atom. The van der Waals surface area contributed by atoms with Crippen LogP contribution < -0.4 is 4.74 Å². The lowest BCUT2D eigenvalue weighted by molar-refractivity contribution is -0.263. The number of carbonyl (C=O) groups excluding carboxylic acids is 2. The molecule has 146 valence electrons. The summed E-state index contributed by atoms with van der Waals surface area (Å²) in [5.41, 5.74) is 2.14. The monoisotopic (exact) mass is 382 g/mol. The van der Waals surface area contributed by atoms with E-state index in [1.54, 1.807) is 6.20 Å². The number of esters is 2. The molecule has 2 aromatic rings. The van der Waals surface area contributed by atoms with Crippen molar-refractivity contribution in [3.05, 3.63) is 48.8 Å². The van der Waals surface area contributed by atoms with Gasteiger partial charge in [-0.2, -0.15) is 0 Å². The van der Waals surface area contributed by atoms with Crippen LogP contribution >= 0.6 is 0 Å². The molecule has 1 aromatic carbocycles. The minimum absolute atomic E-state index is 0.515. The van der Waals surface area contributed by atoms with Gasteiger partial charge in [-0.15, -0.1) is 0 Å². The lowest BCUT2D eigenvalue weighted by atomic mass is 10.1. The van der Waals surface area contributed by atoms with Gasteiger partial charge in [-0.05, 0) is 48.6 Å². The number of piperidine rings is 1. The first-order valence-corrected chi connectivity index (χ1v) is 9.51. The Morgan fingerprint density at radius 2 is 1.82 bits per heavy atom. The molecule has 0 N–H and O–H groups in total. The second-order valence-corrected chi connectivity index (χ2v) is 6.90. The predicted octanol–water partition coefficient (Wildman–Crippen LogP) is 2.76. The van der Waals surface area contributed by atoms with E-state index in [1.807, 2.05) is 47.5 Å². The molecular weight excluding hydrogens is 360 g/mol. The zero-order valence-corrected chi connectivity index (χ0v) is 15.5. The first-order valence-electron chi connectivity index (χ1n) is 9.51. The number of hydrogen-bond donors (Lipinski definition) is 0. The summed E-state index contributed by atoms with van der Waals surface area (Å²) < 4.78 is 16.3. The number of carbonyl (C=O) groups is 2. The van der Waals surface area contributed by atoms with E-state index in [2.05, 4.69) is 4.98 Å². The normalized spacial score (nSPS) is 18.7. The second kappa shape index (κ2) is 7.98. The number of aromatic nitrogens is 1. The molecule has 4 rings (SSSR count). The number of nitrogens with zero attached hydrogens (tertiary/aromatic N) is 2. The zero-order chi connectivity index (χ0) is 19.4. The fourth-order valence-electron chi connectivity index (χ4n) is 3.61. The van der Waals surface area contributed by atoms with Gasteiger partial charge >= 0.3 is 17.8 Å². The van der Waals surface area contributed by atoms with E-state index in [0.29, 0.717) is 19.6 Å². The lowest BCUT2D eigenvalue weighted by Gasteiger charge is -2.40. The van der Waals surface area contributed by atoms with Crippen molar-refractivity contribution < 1.29 is 23.8 Å². The Labute approximate surface area is 163 Å². The van der Waals surface area contributed by atoms with Gasteiger partial charge in [0.2, 0.25) is 0 Å². The van der Waals surface area contributed by atoms with Crippen molar-refractivity contribution >= 4 is 11.9 Å². The maximum atomic E-state index is 11.5. The molecule has 0 radical (unpaired) electrons. The van der Waals surface area contributed by atoms with Crippen molar-refractivity contribution in [3.8, 4) is 16.9 Å². The highest BCUT2D eigenvalue weighted by molar-refractivity contribution is 6.31. The van der Waals surface area contributed by atoms with E-state index in [4.69, 9.17) is 14.2 Å². The van der Waals surface area contributed by atoms with Crippen LogP contribution in [0.1, 0.15) is 25.7 Å². The van der Waals surface area contributed by atoms with E-state index in [-0.39, 0.29) is 0 Å². The van der Waals surface area contributed by atoms with Gasteiger partial charge in [0, 0.05) is 31.9 Å². The largest absolute Gasteiger partial charge is 0.494 e. The maximum absolute atomic E-state index is 11.5. The van der Waals surface area contributed by atoms with Gasteiger partial charge in [0.05, 0.1) is 6.61 Å². The maximum Gasteiger partial charge on any atom is 0.421 e. The van der Waals surface area contributed by atoms with Crippen LogP contribution in [0.25, 0.3) is 11.1 Å². The Bertz CT molecular complexity index is 822. The average molecular weight is 382 g/mol. The number of pyridine rings is 1. The van der Waals surface area contributed by atoms with E-state index < -0.39 is 17.8 Å². The number of benzene rings is 1. The fraction of sp³-hybridized carbons (Fsp3) is 0.381. The van der Waals surface area contributed by atoms with E-state index >= 15 is 0 Å². The molecule has 2 aliphatic rings. The molecule has 2 fully saturated rings. The summed E-state index contributed by atoms with van der Waals surface area (Å²) in [6, 6.07) is 11.8. The van der Waals surface area contributed by atoms with Crippen LogP contribution in [0.15, 0.2) is 48.8 Å².